The van der Waals surface area contributed by atoms with Gasteiger partial charge in [-0.15, -0.1) is 0 Å². The molecule has 0 bridgehead atoms. The Hall–Kier alpha value is -1.06. The third-order valence-electron chi connectivity index (χ3n) is 7.73. The summed E-state index contributed by atoms with van der Waals surface area (Å²) >= 11 is 0. The standard InChI is InChI=1S/C32H60O4/c1-27(2)19-15-11-7-5-9-13-17-25-35-31(33)29-21-23-30(24-22-29)32(34)36-26-18-14-10-6-8-12-16-20-28(3)4/h27-30H,5-26H2,1-4H3. The van der Waals surface area contributed by atoms with Gasteiger partial charge in [-0.1, -0.05) is 118 Å². The molecule has 0 saturated heterocycles. The molecule has 0 radical (unpaired) electrons. The Morgan fingerprint density at radius 2 is 0.778 bits per heavy atom. The second kappa shape index (κ2) is 22.0. The van der Waals surface area contributed by atoms with Crippen LogP contribution in [0.1, 0.15) is 156 Å². The number of rotatable bonds is 22. The second-order valence-electron chi connectivity index (χ2n) is 12.2. The van der Waals surface area contributed by atoms with E-state index in [1.54, 1.807) is 0 Å². The van der Waals surface area contributed by atoms with Gasteiger partial charge >= 0.3 is 11.9 Å². The van der Waals surface area contributed by atoms with Crippen molar-refractivity contribution in [2.45, 2.75) is 156 Å². The monoisotopic (exact) mass is 508 g/mol. The third-order valence-corrected chi connectivity index (χ3v) is 7.73. The van der Waals surface area contributed by atoms with Gasteiger partial charge in [-0.3, -0.25) is 9.59 Å². The molecule has 36 heavy (non-hydrogen) atoms. The Kier molecular flexibility index (Phi) is 20.1. The lowest BCUT2D eigenvalue weighted by molar-refractivity contribution is -0.155. The van der Waals surface area contributed by atoms with Crippen molar-refractivity contribution < 1.29 is 19.1 Å². The third kappa shape index (κ3) is 18.2. The van der Waals surface area contributed by atoms with Crippen molar-refractivity contribution in [1.29, 1.82) is 0 Å². The predicted octanol–water partition coefficient (Wildman–Crippen LogP) is 9.43. The highest BCUT2D eigenvalue weighted by Crippen LogP contribution is 2.30. The minimum absolute atomic E-state index is 0.0319. The van der Waals surface area contributed by atoms with Crippen LogP contribution in [0.15, 0.2) is 0 Å². The first kappa shape index (κ1) is 33.0. The molecule has 0 atom stereocenters. The molecule has 1 aliphatic rings. The van der Waals surface area contributed by atoms with Crippen molar-refractivity contribution in [3.05, 3.63) is 0 Å². The van der Waals surface area contributed by atoms with Gasteiger partial charge in [0.15, 0.2) is 0 Å². The molecule has 0 aromatic carbocycles. The van der Waals surface area contributed by atoms with Crippen molar-refractivity contribution in [2.24, 2.45) is 23.7 Å². The van der Waals surface area contributed by atoms with Gasteiger partial charge in [-0.2, -0.15) is 0 Å². The summed E-state index contributed by atoms with van der Waals surface area (Å²) in [6.07, 6.45) is 23.1. The van der Waals surface area contributed by atoms with Crippen LogP contribution < -0.4 is 0 Å². The van der Waals surface area contributed by atoms with Crippen LogP contribution in [-0.2, 0) is 19.1 Å². The molecule has 212 valence electrons. The zero-order valence-corrected chi connectivity index (χ0v) is 24.5. The Morgan fingerprint density at radius 3 is 1.08 bits per heavy atom. The molecule has 1 fully saturated rings. The van der Waals surface area contributed by atoms with Crippen molar-refractivity contribution in [2.75, 3.05) is 13.2 Å². The summed E-state index contributed by atoms with van der Waals surface area (Å²) in [6.45, 7) is 10.3. The fraction of sp³-hybridized carbons (Fsp3) is 0.938. The van der Waals surface area contributed by atoms with Crippen molar-refractivity contribution >= 4 is 11.9 Å². The minimum Gasteiger partial charge on any atom is -0.465 e. The average molecular weight is 509 g/mol. The van der Waals surface area contributed by atoms with E-state index in [0.717, 1.165) is 63.2 Å². The number of ether oxygens (including phenoxy) is 2. The Morgan fingerprint density at radius 1 is 0.500 bits per heavy atom. The van der Waals surface area contributed by atoms with Crippen LogP contribution in [0.5, 0.6) is 0 Å². The first-order valence-electron chi connectivity index (χ1n) is 15.7. The van der Waals surface area contributed by atoms with Gasteiger partial charge in [-0.25, -0.2) is 0 Å². The fourth-order valence-electron chi connectivity index (χ4n) is 5.22. The molecule has 0 aromatic heterocycles. The quantitative estimate of drug-likeness (QED) is 0.108. The van der Waals surface area contributed by atoms with E-state index in [9.17, 15) is 9.59 Å². The summed E-state index contributed by atoms with van der Waals surface area (Å²) in [5, 5.41) is 0. The van der Waals surface area contributed by atoms with Crippen LogP contribution in [0.2, 0.25) is 0 Å². The van der Waals surface area contributed by atoms with E-state index < -0.39 is 0 Å². The van der Waals surface area contributed by atoms with E-state index in [-0.39, 0.29) is 23.8 Å². The molecule has 4 nitrogen and oxygen atoms in total. The lowest BCUT2D eigenvalue weighted by Crippen LogP contribution is -2.28. The van der Waals surface area contributed by atoms with E-state index in [2.05, 4.69) is 27.7 Å². The Labute approximate surface area is 224 Å². The number of unbranched alkanes of at least 4 members (excludes halogenated alkanes) is 12. The summed E-state index contributed by atoms with van der Waals surface area (Å²) in [5.41, 5.74) is 0. The topological polar surface area (TPSA) is 52.6 Å². The van der Waals surface area contributed by atoms with Crippen LogP contribution >= 0.6 is 0 Å². The normalized spacial score (nSPS) is 18.1. The molecular weight excluding hydrogens is 448 g/mol. The average Bonchev–Trinajstić information content (AvgIpc) is 2.85. The fourth-order valence-corrected chi connectivity index (χ4v) is 5.22. The molecule has 4 heteroatoms. The van der Waals surface area contributed by atoms with Crippen LogP contribution in [0.25, 0.3) is 0 Å². The summed E-state index contributed by atoms with van der Waals surface area (Å²) in [4.78, 5) is 24.8. The molecule has 1 saturated carbocycles. The molecule has 0 heterocycles. The molecule has 0 unspecified atom stereocenters. The van der Waals surface area contributed by atoms with Crippen LogP contribution in [-0.4, -0.2) is 25.2 Å². The summed E-state index contributed by atoms with van der Waals surface area (Å²) in [7, 11) is 0. The number of carbonyl (C=O) groups excluding carboxylic acids is 2. The molecule has 0 N–H and O–H groups in total. The zero-order valence-electron chi connectivity index (χ0n) is 24.5. The van der Waals surface area contributed by atoms with Crippen molar-refractivity contribution in [3.8, 4) is 0 Å². The Bertz CT molecular complexity index is 486. The minimum atomic E-state index is -0.0558. The maximum Gasteiger partial charge on any atom is 0.308 e. The summed E-state index contributed by atoms with van der Waals surface area (Å²) < 4.78 is 11.1. The van der Waals surface area contributed by atoms with Crippen molar-refractivity contribution in [3.63, 3.8) is 0 Å². The van der Waals surface area contributed by atoms with Crippen LogP contribution in [0.4, 0.5) is 0 Å². The van der Waals surface area contributed by atoms with E-state index >= 15 is 0 Å². The van der Waals surface area contributed by atoms with Gasteiger partial charge < -0.3 is 9.47 Å². The Balaban J connectivity index is 1.94. The lowest BCUT2D eigenvalue weighted by Gasteiger charge is -2.26. The first-order valence-corrected chi connectivity index (χ1v) is 15.7. The molecule has 0 aromatic rings. The van der Waals surface area contributed by atoms with Gasteiger partial charge in [0.1, 0.15) is 0 Å². The second-order valence-corrected chi connectivity index (χ2v) is 12.2. The predicted molar refractivity (Wildman–Crippen MR) is 151 cm³/mol. The maximum atomic E-state index is 12.4. The van der Waals surface area contributed by atoms with Crippen LogP contribution in [0.3, 0.4) is 0 Å². The highest BCUT2D eigenvalue weighted by Gasteiger charge is 2.31. The molecule has 0 amide bonds. The van der Waals surface area contributed by atoms with E-state index in [1.807, 2.05) is 0 Å². The SMILES string of the molecule is CC(C)CCCCCCCCCOC(=O)C1CCC(C(=O)OCCCCCCCCCC(C)C)CC1. The first-order chi connectivity index (χ1) is 17.4. The van der Waals surface area contributed by atoms with Gasteiger partial charge in [0.2, 0.25) is 0 Å². The van der Waals surface area contributed by atoms with Crippen molar-refractivity contribution in [1.82, 2.24) is 0 Å². The number of esters is 2. The van der Waals surface area contributed by atoms with Gasteiger partial charge in [0.05, 0.1) is 25.0 Å². The van der Waals surface area contributed by atoms with Crippen LogP contribution in [0, 0.1) is 23.7 Å². The molecule has 1 rings (SSSR count). The summed E-state index contributed by atoms with van der Waals surface area (Å²) in [5.74, 6) is 1.47. The largest absolute Gasteiger partial charge is 0.465 e. The smallest absolute Gasteiger partial charge is 0.308 e. The lowest BCUT2D eigenvalue weighted by atomic mass is 9.82. The molecular formula is C32H60O4. The highest BCUT2D eigenvalue weighted by atomic mass is 16.5. The maximum absolute atomic E-state index is 12.4. The van der Waals surface area contributed by atoms with E-state index in [0.29, 0.717) is 13.2 Å². The number of carbonyl (C=O) groups is 2. The summed E-state index contributed by atoms with van der Waals surface area (Å²) in [6, 6.07) is 0. The molecule has 0 spiro atoms. The van der Waals surface area contributed by atoms with Gasteiger partial charge in [-0.05, 0) is 50.4 Å². The highest BCUT2D eigenvalue weighted by molar-refractivity contribution is 5.75. The molecule has 1 aliphatic carbocycles. The van der Waals surface area contributed by atoms with E-state index in [1.165, 1.54) is 77.0 Å². The number of hydrogen-bond acceptors (Lipinski definition) is 4. The van der Waals surface area contributed by atoms with E-state index in [4.69, 9.17) is 9.47 Å². The zero-order chi connectivity index (χ0) is 26.4. The molecule has 0 aliphatic heterocycles. The van der Waals surface area contributed by atoms with Gasteiger partial charge in [0, 0.05) is 0 Å². The number of hydrogen-bond donors (Lipinski definition) is 0. The van der Waals surface area contributed by atoms with Gasteiger partial charge in [0.25, 0.3) is 0 Å².